The van der Waals surface area contributed by atoms with E-state index in [1.54, 1.807) is 19.2 Å². The van der Waals surface area contributed by atoms with Gasteiger partial charge < -0.3 is 10.1 Å². The summed E-state index contributed by atoms with van der Waals surface area (Å²) >= 11 is 5.57. The maximum Gasteiger partial charge on any atom is 0.269 e. The van der Waals surface area contributed by atoms with E-state index in [9.17, 15) is 10.1 Å². The van der Waals surface area contributed by atoms with E-state index in [4.69, 9.17) is 17.0 Å². The maximum absolute atomic E-state index is 10.8. The van der Waals surface area contributed by atoms with Gasteiger partial charge in [-0.15, -0.1) is 0 Å². The zero-order valence-corrected chi connectivity index (χ0v) is 16.3. The van der Waals surface area contributed by atoms with Gasteiger partial charge in [0.15, 0.2) is 0 Å². The van der Waals surface area contributed by atoms with E-state index in [0.29, 0.717) is 6.42 Å². The number of rotatable bonds is 6. The van der Waals surface area contributed by atoms with Crippen LogP contribution in [-0.2, 0) is 6.42 Å². The Morgan fingerprint density at radius 1 is 1.23 bits per heavy atom. The van der Waals surface area contributed by atoms with Crippen molar-refractivity contribution in [3.8, 4) is 5.75 Å². The third kappa shape index (κ3) is 5.26. The van der Waals surface area contributed by atoms with Crippen LogP contribution in [0.1, 0.15) is 37.9 Å². The van der Waals surface area contributed by atoms with Crippen LogP contribution in [0.15, 0.2) is 48.5 Å². The number of nitrogens with zero attached hydrogens (tertiary/aromatic N) is 1. The van der Waals surface area contributed by atoms with Crippen molar-refractivity contribution >= 4 is 22.9 Å². The molecule has 1 unspecified atom stereocenters. The van der Waals surface area contributed by atoms with Crippen molar-refractivity contribution < 1.29 is 9.66 Å². The highest BCUT2D eigenvalue weighted by atomic mass is 32.1. The minimum atomic E-state index is -0.393. The van der Waals surface area contributed by atoms with Gasteiger partial charge in [0.25, 0.3) is 5.69 Å². The maximum atomic E-state index is 10.8. The van der Waals surface area contributed by atoms with Gasteiger partial charge in [0, 0.05) is 17.5 Å². The van der Waals surface area contributed by atoms with Crippen molar-refractivity contribution in [3.05, 3.63) is 69.8 Å². The standard InChI is InChI=1S/C20H24N2O3S/c1-20(2,3)19(26)21-18(15-6-5-7-17(13-15)25-4)12-14-8-10-16(11-9-14)22(23)24/h5-11,13,18H,12H2,1-4H3,(H,21,26). The summed E-state index contributed by atoms with van der Waals surface area (Å²) in [5.41, 5.74) is 1.98. The second-order valence-corrected chi connectivity index (χ2v) is 7.59. The number of hydrogen-bond donors (Lipinski definition) is 1. The molecule has 5 nitrogen and oxygen atoms in total. The lowest BCUT2D eigenvalue weighted by Gasteiger charge is -2.28. The lowest BCUT2D eigenvalue weighted by molar-refractivity contribution is -0.384. The molecule has 2 rings (SSSR count). The van der Waals surface area contributed by atoms with Crippen molar-refractivity contribution in [3.63, 3.8) is 0 Å². The van der Waals surface area contributed by atoms with E-state index >= 15 is 0 Å². The van der Waals surface area contributed by atoms with E-state index < -0.39 is 4.92 Å². The number of ether oxygens (including phenoxy) is 1. The molecule has 0 aliphatic rings. The Bertz CT molecular complexity index is 782. The summed E-state index contributed by atoms with van der Waals surface area (Å²) in [6, 6.07) is 14.4. The largest absolute Gasteiger partial charge is 0.497 e. The second kappa shape index (κ2) is 8.27. The molecule has 6 heteroatoms. The molecule has 0 radical (unpaired) electrons. The van der Waals surface area contributed by atoms with E-state index in [2.05, 4.69) is 26.1 Å². The average Bonchev–Trinajstić information content (AvgIpc) is 2.60. The quantitative estimate of drug-likeness (QED) is 0.446. The molecule has 1 N–H and O–H groups in total. The fourth-order valence-corrected chi connectivity index (χ4v) is 2.62. The van der Waals surface area contributed by atoms with Gasteiger partial charge in [-0.1, -0.05) is 57.3 Å². The molecule has 2 aromatic carbocycles. The van der Waals surface area contributed by atoms with Gasteiger partial charge in [-0.25, -0.2) is 0 Å². The minimum absolute atomic E-state index is 0.0571. The number of hydrogen-bond acceptors (Lipinski definition) is 4. The Balaban J connectivity index is 2.30. The van der Waals surface area contributed by atoms with Crippen molar-refractivity contribution in [2.24, 2.45) is 5.41 Å². The second-order valence-electron chi connectivity index (χ2n) is 7.18. The summed E-state index contributed by atoms with van der Waals surface area (Å²) in [7, 11) is 1.64. The smallest absolute Gasteiger partial charge is 0.269 e. The fraction of sp³-hybridized carbons (Fsp3) is 0.350. The van der Waals surface area contributed by atoms with Crippen molar-refractivity contribution in [2.75, 3.05) is 7.11 Å². The molecule has 1 atom stereocenters. The van der Waals surface area contributed by atoms with Gasteiger partial charge in [0.1, 0.15) is 5.75 Å². The van der Waals surface area contributed by atoms with E-state index in [1.165, 1.54) is 12.1 Å². The predicted molar refractivity (Wildman–Crippen MR) is 108 cm³/mol. The lowest BCUT2D eigenvalue weighted by Crippen LogP contribution is -2.36. The van der Waals surface area contributed by atoms with Crippen LogP contribution in [-0.4, -0.2) is 17.0 Å². The van der Waals surface area contributed by atoms with Crippen LogP contribution in [0.5, 0.6) is 5.75 Å². The Morgan fingerprint density at radius 2 is 1.88 bits per heavy atom. The molecule has 0 aliphatic heterocycles. The van der Waals surface area contributed by atoms with Crippen LogP contribution in [0.25, 0.3) is 0 Å². The van der Waals surface area contributed by atoms with Crippen LogP contribution < -0.4 is 10.1 Å². The number of methoxy groups -OCH3 is 1. The number of benzene rings is 2. The first-order chi connectivity index (χ1) is 12.2. The van der Waals surface area contributed by atoms with E-state index in [1.807, 2.05) is 24.3 Å². The Kier molecular flexibility index (Phi) is 6.32. The molecule has 0 aromatic heterocycles. The van der Waals surface area contributed by atoms with Gasteiger partial charge in [-0.3, -0.25) is 10.1 Å². The first-order valence-corrected chi connectivity index (χ1v) is 8.80. The number of non-ortho nitro benzene ring substituents is 1. The molecule has 0 heterocycles. The highest BCUT2D eigenvalue weighted by Gasteiger charge is 2.22. The van der Waals surface area contributed by atoms with E-state index in [0.717, 1.165) is 21.9 Å². The topological polar surface area (TPSA) is 64.4 Å². The third-order valence-corrected chi connectivity index (χ3v) is 4.80. The third-order valence-electron chi connectivity index (χ3n) is 4.07. The Hall–Kier alpha value is -2.47. The summed E-state index contributed by atoms with van der Waals surface area (Å²) in [5, 5.41) is 14.3. The molecule has 0 spiro atoms. The normalized spacial score (nSPS) is 12.3. The summed E-state index contributed by atoms with van der Waals surface area (Å²) in [4.78, 5) is 11.2. The lowest BCUT2D eigenvalue weighted by atomic mass is 9.93. The van der Waals surface area contributed by atoms with Crippen LogP contribution in [0.3, 0.4) is 0 Å². The van der Waals surface area contributed by atoms with Gasteiger partial charge in [-0.2, -0.15) is 0 Å². The zero-order chi connectivity index (χ0) is 19.3. The average molecular weight is 372 g/mol. The van der Waals surface area contributed by atoms with Crippen LogP contribution in [0.4, 0.5) is 5.69 Å². The Morgan fingerprint density at radius 3 is 2.42 bits per heavy atom. The molecule has 0 saturated carbocycles. The van der Waals surface area contributed by atoms with Crippen LogP contribution in [0, 0.1) is 15.5 Å². The summed E-state index contributed by atoms with van der Waals surface area (Å²) in [6.07, 6.45) is 0.654. The Labute approximate surface area is 159 Å². The van der Waals surface area contributed by atoms with E-state index in [-0.39, 0.29) is 17.1 Å². The number of nitrogens with one attached hydrogen (secondary N) is 1. The summed E-state index contributed by atoms with van der Waals surface area (Å²) in [6.45, 7) is 6.20. The number of nitro benzene ring substituents is 1. The molecular weight excluding hydrogens is 348 g/mol. The number of nitro groups is 1. The minimum Gasteiger partial charge on any atom is -0.497 e. The number of thiocarbonyl (C=S) groups is 1. The fourth-order valence-electron chi connectivity index (χ4n) is 2.47. The molecule has 138 valence electrons. The SMILES string of the molecule is COc1cccc(C(Cc2ccc([N+](=O)[O-])cc2)NC(=S)C(C)(C)C)c1. The molecule has 2 aromatic rings. The molecule has 26 heavy (non-hydrogen) atoms. The molecule has 0 amide bonds. The zero-order valence-electron chi connectivity index (χ0n) is 15.5. The highest BCUT2D eigenvalue weighted by Crippen LogP contribution is 2.26. The van der Waals surface area contributed by atoms with Gasteiger partial charge in [0.2, 0.25) is 0 Å². The van der Waals surface area contributed by atoms with Crippen LogP contribution >= 0.6 is 12.2 Å². The van der Waals surface area contributed by atoms with Crippen LogP contribution in [0.2, 0.25) is 0 Å². The van der Waals surface area contributed by atoms with Crippen molar-refractivity contribution in [1.82, 2.24) is 5.32 Å². The van der Waals surface area contributed by atoms with Gasteiger partial charge >= 0.3 is 0 Å². The monoisotopic (exact) mass is 372 g/mol. The summed E-state index contributed by atoms with van der Waals surface area (Å²) < 4.78 is 5.33. The molecular formula is C20H24N2O3S. The first kappa shape index (κ1) is 19.8. The molecule has 0 fully saturated rings. The summed E-state index contributed by atoms with van der Waals surface area (Å²) in [5.74, 6) is 0.777. The predicted octanol–water partition coefficient (Wildman–Crippen LogP) is 4.85. The molecule has 0 saturated heterocycles. The van der Waals surface area contributed by atoms with Crippen molar-refractivity contribution in [2.45, 2.75) is 33.2 Å². The van der Waals surface area contributed by atoms with Gasteiger partial charge in [0.05, 0.1) is 23.1 Å². The van der Waals surface area contributed by atoms with Crippen molar-refractivity contribution in [1.29, 1.82) is 0 Å². The first-order valence-electron chi connectivity index (χ1n) is 8.39. The van der Waals surface area contributed by atoms with Gasteiger partial charge in [-0.05, 0) is 29.7 Å². The molecule has 0 aliphatic carbocycles. The highest BCUT2D eigenvalue weighted by molar-refractivity contribution is 7.80. The molecule has 0 bridgehead atoms.